The lowest BCUT2D eigenvalue weighted by molar-refractivity contribution is 0.0607. The highest BCUT2D eigenvalue weighted by atomic mass is 35.5. The lowest BCUT2D eigenvalue weighted by Crippen LogP contribution is -2.43. The zero-order valence-corrected chi connectivity index (χ0v) is 15.5. The Bertz CT molecular complexity index is 762. The van der Waals surface area contributed by atoms with E-state index in [1.54, 1.807) is 12.4 Å². The maximum Gasteiger partial charge on any atom is 0.255 e. The second kappa shape index (κ2) is 7.87. The summed E-state index contributed by atoms with van der Waals surface area (Å²) in [7, 11) is 0. The second-order valence-electron chi connectivity index (χ2n) is 6.61. The van der Waals surface area contributed by atoms with Gasteiger partial charge in [0.2, 0.25) is 0 Å². The largest absolute Gasteiger partial charge is 0.354 e. The van der Waals surface area contributed by atoms with Crippen molar-refractivity contribution in [1.82, 2.24) is 9.88 Å². The molecule has 0 radical (unpaired) electrons. The van der Waals surface area contributed by atoms with Crippen LogP contribution in [-0.2, 0) is 0 Å². The highest BCUT2D eigenvalue weighted by Crippen LogP contribution is 2.25. The third-order valence-corrected chi connectivity index (χ3v) is 5.21. The Kier molecular flexibility index (Phi) is 5.59. The molecular formula is C20H24ClN3O. The molecule has 1 N–H and O–H groups in total. The normalized spacial score (nSPS) is 17.4. The van der Waals surface area contributed by atoms with E-state index in [0.29, 0.717) is 16.6 Å². The van der Waals surface area contributed by atoms with E-state index in [1.807, 2.05) is 36.1 Å². The summed E-state index contributed by atoms with van der Waals surface area (Å²) in [6.45, 7) is 4.95. The minimum Gasteiger partial charge on any atom is -0.354 e. The molecular weight excluding hydrogens is 334 g/mol. The van der Waals surface area contributed by atoms with Crippen molar-refractivity contribution < 1.29 is 4.79 Å². The van der Waals surface area contributed by atoms with Crippen molar-refractivity contribution in [1.29, 1.82) is 0 Å². The van der Waals surface area contributed by atoms with Gasteiger partial charge < -0.3 is 10.2 Å². The molecule has 0 saturated carbocycles. The highest BCUT2D eigenvalue weighted by molar-refractivity contribution is 6.31. The zero-order valence-electron chi connectivity index (χ0n) is 14.8. The number of benzene rings is 1. The number of anilines is 2. The molecule has 0 aliphatic carbocycles. The highest BCUT2D eigenvalue weighted by Gasteiger charge is 2.26. The number of hydrogen-bond donors (Lipinski definition) is 1. The molecule has 1 fully saturated rings. The first-order valence-corrected chi connectivity index (χ1v) is 9.25. The van der Waals surface area contributed by atoms with E-state index in [-0.39, 0.29) is 5.91 Å². The molecule has 2 aromatic rings. The van der Waals surface area contributed by atoms with Crippen LogP contribution in [-0.4, -0.2) is 28.4 Å². The molecule has 4 nitrogen and oxygen atoms in total. The molecule has 1 aromatic carbocycles. The van der Waals surface area contributed by atoms with Crippen LogP contribution in [0.5, 0.6) is 0 Å². The van der Waals surface area contributed by atoms with E-state index in [1.165, 1.54) is 6.42 Å². The van der Waals surface area contributed by atoms with Gasteiger partial charge in [0.05, 0.1) is 17.4 Å². The summed E-state index contributed by atoms with van der Waals surface area (Å²) in [5.74, 6) is 0.0737. The van der Waals surface area contributed by atoms with E-state index in [0.717, 1.165) is 42.7 Å². The van der Waals surface area contributed by atoms with Crippen LogP contribution < -0.4 is 5.32 Å². The van der Waals surface area contributed by atoms with Gasteiger partial charge in [0.25, 0.3) is 5.91 Å². The molecule has 2 heterocycles. The average molecular weight is 358 g/mol. The van der Waals surface area contributed by atoms with Gasteiger partial charge in [-0.05, 0) is 56.4 Å². The van der Waals surface area contributed by atoms with Crippen molar-refractivity contribution in [2.45, 2.75) is 45.6 Å². The second-order valence-corrected chi connectivity index (χ2v) is 7.01. The summed E-state index contributed by atoms with van der Waals surface area (Å²) in [6.07, 6.45) is 7.75. The third kappa shape index (κ3) is 4.13. The molecule has 0 bridgehead atoms. The van der Waals surface area contributed by atoms with Crippen LogP contribution in [0.4, 0.5) is 11.4 Å². The van der Waals surface area contributed by atoms with Crippen LogP contribution in [0.15, 0.2) is 36.7 Å². The molecule has 1 aliphatic heterocycles. The summed E-state index contributed by atoms with van der Waals surface area (Å²) in [5.41, 5.74) is 3.33. The van der Waals surface area contributed by atoms with Crippen LogP contribution in [0, 0.1) is 6.92 Å². The molecule has 5 heteroatoms. The number of carbonyl (C=O) groups is 1. The number of pyridine rings is 1. The van der Waals surface area contributed by atoms with Gasteiger partial charge in [-0.2, -0.15) is 0 Å². The minimum absolute atomic E-state index is 0.0737. The molecule has 1 unspecified atom stereocenters. The van der Waals surface area contributed by atoms with Crippen molar-refractivity contribution >= 4 is 28.9 Å². The molecule has 1 atom stereocenters. The van der Waals surface area contributed by atoms with Gasteiger partial charge in [0, 0.05) is 29.5 Å². The van der Waals surface area contributed by atoms with Crippen molar-refractivity contribution in [3.8, 4) is 0 Å². The first-order chi connectivity index (χ1) is 12.1. The Balaban J connectivity index is 1.78. The van der Waals surface area contributed by atoms with Crippen molar-refractivity contribution in [3.05, 3.63) is 52.8 Å². The molecule has 3 rings (SSSR count). The van der Waals surface area contributed by atoms with Crippen LogP contribution in [0.1, 0.15) is 48.5 Å². The van der Waals surface area contributed by atoms with Gasteiger partial charge in [-0.15, -0.1) is 0 Å². The Morgan fingerprint density at radius 3 is 2.88 bits per heavy atom. The number of nitrogens with zero attached hydrogens (tertiary/aromatic N) is 2. The van der Waals surface area contributed by atoms with Gasteiger partial charge in [0.1, 0.15) is 0 Å². The number of nitrogens with one attached hydrogen (secondary N) is 1. The van der Waals surface area contributed by atoms with E-state index < -0.39 is 0 Å². The lowest BCUT2D eigenvalue weighted by Gasteiger charge is -2.35. The molecule has 1 aliphatic rings. The zero-order chi connectivity index (χ0) is 17.8. The number of likely N-dealkylation sites (tertiary alicyclic amines) is 1. The standard InChI is InChI=1S/C20H24ClN3O/c1-3-18-6-4-5-9-24(18)20(25)15-10-17(13-22-12-15)23-16-8-7-14(2)19(21)11-16/h7-8,10-13,18,23H,3-6,9H2,1-2H3. The van der Waals surface area contributed by atoms with E-state index in [4.69, 9.17) is 11.6 Å². The predicted molar refractivity (Wildman–Crippen MR) is 103 cm³/mol. The van der Waals surface area contributed by atoms with Gasteiger partial charge >= 0.3 is 0 Å². The van der Waals surface area contributed by atoms with Crippen LogP contribution in [0.25, 0.3) is 0 Å². The Labute approximate surface area is 154 Å². The number of amides is 1. The SMILES string of the molecule is CCC1CCCCN1C(=O)c1cncc(Nc2ccc(C)c(Cl)c2)c1. The first kappa shape index (κ1) is 17.7. The molecule has 1 aromatic heterocycles. The monoisotopic (exact) mass is 357 g/mol. The average Bonchev–Trinajstić information content (AvgIpc) is 2.64. The summed E-state index contributed by atoms with van der Waals surface area (Å²) < 4.78 is 0. The van der Waals surface area contributed by atoms with Crippen LogP contribution >= 0.6 is 11.6 Å². The van der Waals surface area contributed by atoms with E-state index >= 15 is 0 Å². The lowest BCUT2D eigenvalue weighted by atomic mass is 9.99. The maximum absolute atomic E-state index is 12.9. The number of halogens is 1. The topological polar surface area (TPSA) is 45.2 Å². The molecule has 0 spiro atoms. The van der Waals surface area contributed by atoms with E-state index in [9.17, 15) is 4.79 Å². The number of piperidine rings is 1. The van der Waals surface area contributed by atoms with Crippen molar-refractivity contribution in [3.63, 3.8) is 0 Å². The molecule has 1 amide bonds. The van der Waals surface area contributed by atoms with Gasteiger partial charge in [-0.1, -0.05) is 24.6 Å². The first-order valence-electron chi connectivity index (χ1n) is 8.87. The number of aromatic nitrogens is 1. The van der Waals surface area contributed by atoms with Crippen molar-refractivity contribution in [2.24, 2.45) is 0 Å². The Hall–Kier alpha value is -2.07. The summed E-state index contributed by atoms with van der Waals surface area (Å²) in [4.78, 5) is 19.2. The Morgan fingerprint density at radius 1 is 1.28 bits per heavy atom. The van der Waals surface area contributed by atoms with Crippen LogP contribution in [0.3, 0.4) is 0 Å². The van der Waals surface area contributed by atoms with Crippen LogP contribution in [0.2, 0.25) is 5.02 Å². The summed E-state index contributed by atoms with van der Waals surface area (Å²) in [5, 5.41) is 3.99. The fourth-order valence-electron chi connectivity index (χ4n) is 3.32. The number of aryl methyl sites for hydroxylation is 1. The summed E-state index contributed by atoms with van der Waals surface area (Å²) in [6, 6.07) is 8.02. The van der Waals surface area contributed by atoms with Crippen molar-refractivity contribution in [2.75, 3.05) is 11.9 Å². The number of hydrogen-bond acceptors (Lipinski definition) is 3. The molecule has 132 valence electrons. The fourth-order valence-corrected chi connectivity index (χ4v) is 3.50. The molecule has 1 saturated heterocycles. The number of carbonyl (C=O) groups excluding carboxylic acids is 1. The molecule has 25 heavy (non-hydrogen) atoms. The van der Waals surface area contributed by atoms with Gasteiger partial charge in [0.15, 0.2) is 0 Å². The minimum atomic E-state index is 0.0737. The Morgan fingerprint density at radius 2 is 2.12 bits per heavy atom. The summed E-state index contributed by atoms with van der Waals surface area (Å²) >= 11 is 6.18. The number of rotatable bonds is 4. The fraction of sp³-hybridized carbons (Fsp3) is 0.400. The van der Waals surface area contributed by atoms with Gasteiger partial charge in [-0.25, -0.2) is 0 Å². The van der Waals surface area contributed by atoms with E-state index in [2.05, 4.69) is 17.2 Å². The quantitative estimate of drug-likeness (QED) is 0.818. The smallest absolute Gasteiger partial charge is 0.255 e. The third-order valence-electron chi connectivity index (χ3n) is 4.80. The maximum atomic E-state index is 12.9. The van der Waals surface area contributed by atoms with Gasteiger partial charge in [-0.3, -0.25) is 9.78 Å². The predicted octanol–water partition coefficient (Wildman–Crippen LogP) is 5.19.